The second-order valence-corrected chi connectivity index (χ2v) is 5.76. The molecule has 0 aliphatic rings. The zero-order valence-corrected chi connectivity index (χ0v) is 13.2. The summed E-state index contributed by atoms with van der Waals surface area (Å²) in [5.41, 5.74) is 1.23. The smallest absolute Gasteiger partial charge is 0.335 e. The SMILES string of the molecule is Cc1cc(Oc2cc(Br)cc(C(=O)O)c2)ccc1Br. The number of rotatable bonds is 3. The number of aromatic carboxylic acids is 1. The molecule has 0 aliphatic heterocycles. The summed E-state index contributed by atoms with van der Waals surface area (Å²) in [7, 11) is 0. The van der Waals surface area contributed by atoms with Gasteiger partial charge in [0.1, 0.15) is 11.5 Å². The fourth-order valence-electron chi connectivity index (χ4n) is 1.56. The Bertz CT molecular complexity index is 639. The minimum atomic E-state index is -0.988. The number of halogens is 2. The molecular formula is C14H10Br2O3. The van der Waals surface area contributed by atoms with E-state index in [1.54, 1.807) is 6.07 Å². The molecule has 19 heavy (non-hydrogen) atoms. The van der Waals surface area contributed by atoms with Gasteiger partial charge in [0.25, 0.3) is 0 Å². The molecule has 2 rings (SSSR count). The summed E-state index contributed by atoms with van der Waals surface area (Å²) < 4.78 is 7.34. The average molecular weight is 386 g/mol. The summed E-state index contributed by atoms with van der Waals surface area (Å²) in [4.78, 5) is 11.0. The van der Waals surface area contributed by atoms with E-state index in [4.69, 9.17) is 9.84 Å². The maximum Gasteiger partial charge on any atom is 0.335 e. The third-order valence-corrected chi connectivity index (χ3v) is 3.83. The molecule has 2 aromatic carbocycles. The number of carbonyl (C=O) groups is 1. The summed E-state index contributed by atoms with van der Waals surface area (Å²) in [5.74, 6) is 0.154. The highest BCUT2D eigenvalue weighted by molar-refractivity contribution is 9.10. The quantitative estimate of drug-likeness (QED) is 0.807. The summed E-state index contributed by atoms with van der Waals surface area (Å²) in [6.07, 6.45) is 0. The van der Waals surface area contributed by atoms with Crippen molar-refractivity contribution in [2.24, 2.45) is 0 Å². The van der Waals surface area contributed by atoms with Crippen molar-refractivity contribution in [2.45, 2.75) is 6.92 Å². The molecule has 98 valence electrons. The predicted molar refractivity (Wildman–Crippen MR) is 80.1 cm³/mol. The Morgan fingerprint density at radius 3 is 2.47 bits per heavy atom. The van der Waals surface area contributed by atoms with Crippen LogP contribution in [0.3, 0.4) is 0 Å². The van der Waals surface area contributed by atoms with Gasteiger partial charge in [-0.15, -0.1) is 0 Å². The van der Waals surface area contributed by atoms with Crippen molar-refractivity contribution in [1.82, 2.24) is 0 Å². The van der Waals surface area contributed by atoms with Crippen LogP contribution in [-0.4, -0.2) is 11.1 Å². The molecule has 0 bridgehead atoms. The van der Waals surface area contributed by atoms with Gasteiger partial charge >= 0.3 is 5.97 Å². The molecule has 0 fully saturated rings. The Morgan fingerprint density at radius 2 is 1.84 bits per heavy atom. The number of hydrogen-bond acceptors (Lipinski definition) is 2. The van der Waals surface area contributed by atoms with Crippen LogP contribution >= 0.6 is 31.9 Å². The van der Waals surface area contributed by atoms with Crippen LogP contribution in [0.1, 0.15) is 15.9 Å². The molecule has 0 radical (unpaired) electrons. The standard InChI is InChI=1S/C14H10Br2O3/c1-8-4-11(2-3-13(8)16)19-12-6-9(14(17)18)5-10(15)7-12/h2-7H,1H3,(H,17,18). The summed E-state index contributed by atoms with van der Waals surface area (Å²) in [5, 5.41) is 9.00. The number of ether oxygens (including phenoxy) is 1. The summed E-state index contributed by atoms with van der Waals surface area (Å²) in [6.45, 7) is 1.96. The van der Waals surface area contributed by atoms with Crippen LogP contribution in [0.2, 0.25) is 0 Å². The first-order valence-corrected chi connectivity index (χ1v) is 7.02. The third kappa shape index (κ3) is 3.58. The van der Waals surface area contributed by atoms with Crippen molar-refractivity contribution < 1.29 is 14.6 Å². The molecule has 3 nitrogen and oxygen atoms in total. The van der Waals surface area contributed by atoms with Crippen molar-refractivity contribution in [1.29, 1.82) is 0 Å². The van der Waals surface area contributed by atoms with Gasteiger partial charge in [0.2, 0.25) is 0 Å². The fraction of sp³-hybridized carbons (Fsp3) is 0.0714. The van der Waals surface area contributed by atoms with Crippen molar-refractivity contribution in [3.63, 3.8) is 0 Å². The lowest BCUT2D eigenvalue weighted by molar-refractivity contribution is 0.0696. The number of hydrogen-bond donors (Lipinski definition) is 1. The van der Waals surface area contributed by atoms with Crippen molar-refractivity contribution in [3.05, 3.63) is 56.5 Å². The second-order valence-electron chi connectivity index (χ2n) is 3.99. The maximum atomic E-state index is 11.0. The largest absolute Gasteiger partial charge is 0.478 e. The van der Waals surface area contributed by atoms with E-state index < -0.39 is 5.97 Å². The summed E-state index contributed by atoms with van der Waals surface area (Å²) in [6, 6.07) is 10.3. The van der Waals surface area contributed by atoms with Crippen LogP contribution in [0.25, 0.3) is 0 Å². The van der Waals surface area contributed by atoms with Crippen molar-refractivity contribution in [2.75, 3.05) is 0 Å². The molecule has 0 aromatic heterocycles. The van der Waals surface area contributed by atoms with Crippen LogP contribution in [0, 0.1) is 6.92 Å². The molecule has 0 heterocycles. The number of benzene rings is 2. The van der Waals surface area contributed by atoms with Gasteiger partial charge in [0.05, 0.1) is 5.56 Å². The predicted octanol–water partition coefficient (Wildman–Crippen LogP) is 5.01. The lowest BCUT2D eigenvalue weighted by atomic mass is 10.2. The van der Waals surface area contributed by atoms with E-state index in [2.05, 4.69) is 31.9 Å². The van der Waals surface area contributed by atoms with Gasteiger partial charge < -0.3 is 9.84 Å². The molecule has 0 amide bonds. The first-order valence-electron chi connectivity index (χ1n) is 5.43. The maximum absolute atomic E-state index is 11.0. The van der Waals surface area contributed by atoms with Crippen molar-refractivity contribution >= 4 is 37.8 Å². The molecule has 2 aromatic rings. The van der Waals surface area contributed by atoms with E-state index in [-0.39, 0.29) is 5.56 Å². The van der Waals surface area contributed by atoms with E-state index in [9.17, 15) is 4.79 Å². The van der Waals surface area contributed by atoms with Gasteiger partial charge in [0, 0.05) is 8.95 Å². The highest BCUT2D eigenvalue weighted by Gasteiger charge is 2.08. The minimum absolute atomic E-state index is 0.179. The Kier molecular flexibility index (Phi) is 4.27. The molecule has 1 N–H and O–H groups in total. The second kappa shape index (κ2) is 5.75. The van der Waals surface area contributed by atoms with Gasteiger partial charge in [-0.3, -0.25) is 0 Å². The molecule has 0 unspecified atom stereocenters. The Hall–Kier alpha value is -1.33. The Balaban J connectivity index is 2.32. The van der Waals surface area contributed by atoms with Gasteiger partial charge in [-0.05, 0) is 48.9 Å². The third-order valence-electron chi connectivity index (χ3n) is 2.48. The van der Waals surface area contributed by atoms with Gasteiger partial charge in [0.15, 0.2) is 0 Å². The Labute approximate surface area is 127 Å². The number of carboxylic acids is 1. The van der Waals surface area contributed by atoms with E-state index in [1.165, 1.54) is 12.1 Å². The van der Waals surface area contributed by atoms with Crippen LogP contribution in [-0.2, 0) is 0 Å². The first-order chi connectivity index (χ1) is 8.95. The van der Waals surface area contributed by atoms with Crippen LogP contribution in [0.5, 0.6) is 11.5 Å². The monoisotopic (exact) mass is 384 g/mol. The molecule has 0 spiro atoms. The molecule has 0 saturated heterocycles. The van der Waals surface area contributed by atoms with Crippen LogP contribution < -0.4 is 4.74 Å². The van der Waals surface area contributed by atoms with E-state index >= 15 is 0 Å². The van der Waals surface area contributed by atoms with Crippen molar-refractivity contribution in [3.8, 4) is 11.5 Å². The zero-order chi connectivity index (χ0) is 14.0. The van der Waals surface area contributed by atoms with Crippen LogP contribution in [0.15, 0.2) is 45.3 Å². The van der Waals surface area contributed by atoms with Gasteiger partial charge in [-0.2, -0.15) is 0 Å². The number of aryl methyl sites for hydroxylation is 1. The van der Waals surface area contributed by atoms with Gasteiger partial charge in [-0.1, -0.05) is 31.9 Å². The lowest BCUT2D eigenvalue weighted by Crippen LogP contribution is -1.97. The topological polar surface area (TPSA) is 46.5 Å². The average Bonchev–Trinajstić information content (AvgIpc) is 2.33. The Morgan fingerprint density at radius 1 is 1.11 bits per heavy atom. The first kappa shape index (κ1) is 14.1. The molecule has 0 saturated carbocycles. The minimum Gasteiger partial charge on any atom is -0.478 e. The summed E-state index contributed by atoms with van der Waals surface area (Å²) >= 11 is 6.69. The van der Waals surface area contributed by atoms with Crippen LogP contribution in [0.4, 0.5) is 0 Å². The normalized spacial score (nSPS) is 10.3. The fourth-order valence-corrected chi connectivity index (χ4v) is 2.28. The molecule has 0 atom stereocenters. The molecule has 5 heteroatoms. The highest BCUT2D eigenvalue weighted by Crippen LogP contribution is 2.29. The van der Waals surface area contributed by atoms with E-state index in [1.807, 2.05) is 25.1 Å². The number of carboxylic acid groups (broad SMARTS) is 1. The highest BCUT2D eigenvalue weighted by atomic mass is 79.9. The lowest BCUT2D eigenvalue weighted by Gasteiger charge is -2.08. The van der Waals surface area contributed by atoms with E-state index in [0.29, 0.717) is 16.0 Å². The molecule has 0 aliphatic carbocycles. The zero-order valence-electron chi connectivity index (χ0n) is 9.98. The molecular weight excluding hydrogens is 376 g/mol. The van der Waals surface area contributed by atoms with Gasteiger partial charge in [-0.25, -0.2) is 4.79 Å². The van der Waals surface area contributed by atoms with E-state index in [0.717, 1.165) is 10.0 Å².